The van der Waals surface area contributed by atoms with Crippen LogP contribution in [0.25, 0.3) is 0 Å². The molecule has 1 N–H and O–H groups in total. The van der Waals surface area contributed by atoms with Crippen LogP contribution in [-0.2, 0) is 14.3 Å². The lowest BCUT2D eigenvalue weighted by Crippen LogP contribution is -2.45. The molecular weight excluding hydrogens is 310 g/mol. The van der Waals surface area contributed by atoms with Gasteiger partial charge in [0.2, 0.25) is 6.41 Å². The van der Waals surface area contributed by atoms with Gasteiger partial charge in [0.1, 0.15) is 0 Å². The zero-order chi connectivity index (χ0) is 17.6. The molecule has 1 fully saturated rings. The highest BCUT2D eigenvalue weighted by atomic mass is 16.5. The molecule has 2 unspecified atom stereocenters. The van der Waals surface area contributed by atoms with Crippen molar-refractivity contribution in [2.75, 3.05) is 34.0 Å². The molecule has 6 heteroatoms. The van der Waals surface area contributed by atoms with E-state index < -0.39 is 5.60 Å². The van der Waals surface area contributed by atoms with Gasteiger partial charge in [-0.15, -0.1) is 0 Å². The largest absolute Gasteiger partial charge is 0.493 e. The summed E-state index contributed by atoms with van der Waals surface area (Å²) < 4.78 is 22.1. The molecule has 6 nitrogen and oxygen atoms in total. The third-order valence-electron chi connectivity index (χ3n) is 4.40. The van der Waals surface area contributed by atoms with Crippen LogP contribution in [0.15, 0.2) is 18.2 Å². The second kappa shape index (κ2) is 8.35. The monoisotopic (exact) mass is 337 g/mol. The zero-order valence-electron chi connectivity index (χ0n) is 14.8. The van der Waals surface area contributed by atoms with Crippen molar-refractivity contribution in [3.05, 3.63) is 23.8 Å². The van der Waals surface area contributed by atoms with Gasteiger partial charge < -0.3 is 24.3 Å². The molecule has 1 amide bonds. The van der Waals surface area contributed by atoms with E-state index in [1.54, 1.807) is 14.2 Å². The van der Waals surface area contributed by atoms with E-state index >= 15 is 0 Å². The Morgan fingerprint density at radius 2 is 2.08 bits per heavy atom. The van der Waals surface area contributed by atoms with Crippen molar-refractivity contribution in [1.29, 1.82) is 0 Å². The highest BCUT2D eigenvalue weighted by Gasteiger charge is 2.44. The Morgan fingerprint density at radius 1 is 1.29 bits per heavy atom. The van der Waals surface area contributed by atoms with Crippen LogP contribution in [0.5, 0.6) is 11.5 Å². The number of hydrogen-bond donors (Lipinski definition) is 1. The van der Waals surface area contributed by atoms with Crippen LogP contribution in [0.3, 0.4) is 0 Å². The number of ether oxygens (including phenoxy) is 4. The Balaban J connectivity index is 2.19. The second-order valence-corrected chi connectivity index (χ2v) is 6.39. The van der Waals surface area contributed by atoms with Crippen LogP contribution < -0.4 is 14.8 Å². The molecule has 1 aliphatic heterocycles. The van der Waals surface area contributed by atoms with Crippen LogP contribution in [0.2, 0.25) is 0 Å². The lowest BCUT2D eigenvalue weighted by atomic mass is 9.86. The van der Waals surface area contributed by atoms with E-state index in [2.05, 4.69) is 5.32 Å². The van der Waals surface area contributed by atoms with Crippen LogP contribution in [0.1, 0.15) is 31.7 Å². The van der Waals surface area contributed by atoms with Gasteiger partial charge in [-0.05, 0) is 31.5 Å². The predicted molar refractivity (Wildman–Crippen MR) is 90.7 cm³/mol. The van der Waals surface area contributed by atoms with E-state index in [-0.39, 0.29) is 12.0 Å². The molecule has 0 spiro atoms. The molecule has 2 rings (SSSR count). The molecule has 1 aliphatic rings. The second-order valence-electron chi connectivity index (χ2n) is 6.39. The summed E-state index contributed by atoms with van der Waals surface area (Å²) in [7, 11) is 3.29. The summed E-state index contributed by atoms with van der Waals surface area (Å²) in [6, 6.07) is 5.77. The maximum absolute atomic E-state index is 11.0. The van der Waals surface area contributed by atoms with Crippen molar-refractivity contribution in [3.63, 3.8) is 0 Å². The fourth-order valence-corrected chi connectivity index (χ4v) is 3.08. The Kier molecular flexibility index (Phi) is 6.45. The van der Waals surface area contributed by atoms with Crippen LogP contribution >= 0.6 is 0 Å². The van der Waals surface area contributed by atoms with Gasteiger partial charge in [-0.1, -0.05) is 6.07 Å². The van der Waals surface area contributed by atoms with Gasteiger partial charge in [0.15, 0.2) is 11.5 Å². The highest BCUT2D eigenvalue weighted by molar-refractivity contribution is 5.49. The third-order valence-corrected chi connectivity index (χ3v) is 4.40. The normalized spacial score (nSPS) is 22.2. The fraction of sp³-hybridized carbons (Fsp3) is 0.611. The first kappa shape index (κ1) is 18.5. The number of nitrogens with one attached hydrogen (secondary N) is 1. The van der Waals surface area contributed by atoms with Crippen molar-refractivity contribution < 1.29 is 23.7 Å². The van der Waals surface area contributed by atoms with Crippen molar-refractivity contribution in [2.24, 2.45) is 0 Å². The first-order chi connectivity index (χ1) is 11.5. The summed E-state index contributed by atoms with van der Waals surface area (Å²) in [4.78, 5) is 11.0. The minimum Gasteiger partial charge on any atom is -0.493 e. The number of methoxy groups -OCH3 is 2. The van der Waals surface area contributed by atoms with E-state index in [4.69, 9.17) is 18.9 Å². The smallest absolute Gasteiger partial charge is 0.207 e. The molecule has 1 heterocycles. The third kappa shape index (κ3) is 4.19. The molecule has 0 bridgehead atoms. The number of amides is 1. The standard InChI is InChI=1S/C18H27NO5/c1-18(2)17(19-12-20)14(11-24-18)13-6-7-15(22-4)16(10-13)23-9-5-8-21-3/h6-7,10,12,14,17H,5,8-9,11H2,1-4H3,(H,19,20). The van der Waals surface area contributed by atoms with Gasteiger partial charge >= 0.3 is 0 Å². The van der Waals surface area contributed by atoms with E-state index in [0.717, 1.165) is 18.4 Å². The van der Waals surface area contributed by atoms with Crippen LogP contribution in [0, 0.1) is 0 Å². The molecule has 2 atom stereocenters. The maximum Gasteiger partial charge on any atom is 0.207 e. The quantitative estimate of drug-likeness (QED) is 0.552. The molecule has 134 valence electrons. The van der Waals surface area contributed by atoms with E-state index in [0.29, 0.717) is 31.3 Å². The lowest BCUT2D eigenvalue weighted by molar-refractivity contribution is -0.111. The number of rotatable bonds is 9. The molecule has 24 heavy (non-hydrogen) atoms. The minimum atomic E-state index is -0.412. The SMILES string of the molecule is COCCCOc1cc(C2COC(C)(C)C2NC=O)ccc1OC. The summed E-state index contributed by atoms with van der Waals surface area (Å²) in [5.41, 5.74) is 0.646. The molecule has 0 aliphatic carbocycles. The maximum atomic E-state index is 11.0. The van der Waals surface area contributed by atoms with Gasteiger partial charge in [0, 0.05) is 26.1 Å². The fourth-order valence-electron chi connectivity index (χ4n) is 3.08. The average Bonchev–Trinajstić information content (AvgIpc) is 2.87. The Hall–Kier alpha value is -1.79. The van der Waals surface area contributed by atoms with Crippen molar-refractivity contribution >= 4 is 6.41 Å². The number of benzene rings is 1. The van der Waals surface area contributed by atoms with Crippen LogP contribution in [0.4, 0.5) is 0 Å². The first-order valence-electron chi connectivity index (χ1n) is 8.16. The molecule has 0 saturated carbocycles. The van der Waals surface area contributed by atoms with E-state index in [9.17, 15) is 4.79 Å². The number of carbonyl (C=O) groups is 1. The molecule has 0 radical (unpaired) electrons. The predicted octanol–water partition coefficient (Wildman–Crippen LogP) is 2.12. The molecular formula is C18H27NO5. The summed E-state index contributed by atoms with van der Waals surface area (Å²) in [5.74, 6) is 1.45. The van der Waals surface area contributed by atoms with Gasteiger partial charge in [-0.3, -0.25) is 4.79 Å². The summed E-state index contributed by atoms with van der Waals surface area (Å²) >= 11 is 0. The van der Waals surface area contributed by atoms with Crippen molar-refractivity contribution in [1.82, 2.24) is 5.32 Å². The van der Waals surface area contributed by atoms with Crippen LogP contribution in [-0.4, -0.2) is 52.1 Å². The average molecular weight is 337 g/mol. The lowest BCUT2D eigenvalue weighted by Gasteiger charge is -2.28. The van der Waals surface area contributed by atoms with Gasteiger partial charge in [0.05, 0.1) is 32.0 Å². The van der Waals surface area contributed by atoms with Crippen molar-refractivity contribution in [2.45, 2.75) is 37.8 Å². The topological polar surface area (TPSA) is 66.0 Å². The van der Waals surface area contributed by atoms with E-state index in [1.165, 1.54) is 0 Å². The zero-order valence-corrected chi connectivity index (χ0v) is 14.8. The molecule has 1 aromatic carbocycles. The summed E-state index contributed by atoms with van der Waals surface area (Å²) in [6.07, 6.45) is 1.54. The Labute approximate surface area is 143 Å². The first-order valence-corrected chi connectivity index (χ1v) is 8.16. The highest BCUT2D eigenvalue weighted by Crippen LogP contribution is 2.39. The number of carbonyl (C=O) groups excluding carboxylic acids is 1. The molecule has 1 aromatic rings. The van der Waals surface area contributed by atoms with Gasteiger partial charge in [0.25, 0.3) is 0 Å². The summed E-state index contributed by atoms with van der Waals surface area (Å²) in [6.45, 7) is 5.72. The summed E-state index contributed by atoms with van der Waals surface area (Å²) in [5, 5.41) is 2.90. The van der Waals surface area contributed by atoms with E-state index in [1.807, 2.05) is 32.0 Å². The Morgan fingerprint density at radius 3 is 2.75 bits per heavy atom. The molecule has 1 saturated heterocycles. The molecule has 0 aromatic heterocycles. The van der Waals surface area contributed by atoms with Gasteiger partial charge in [-0.25, -0.2) is 0 Å². The minimum absolute atomic E-state index is 0.0671. The van der Waals surface area contributed by atoms with Crippen molar-refractivity contribution in [3.8, 4) is 11.5 Å². The number of hydrogen-bond acceptors (Lipinski definition) is 5. The Bertz CT molecular complexity index is 546. The van der Waals surface area contributed by atoms with Gasteiger partial charge in [-0.2, -0.15) is 0 Å².